The molecular formula is C20H22NO3. The molecule has 0 aliphatic carbocycles. The molecule has 0 bridgehead atoms. The van der Waals surface area contributed by atoms with Gasteiger partial charge in [0, 0.05) is 0 Å². The van der Waals surface area contributed by atoms with Gasteiger partial charge in [-0.05, 0) is 17.5 Å². The number of amides is 1. The van der Waals surface area contributed by atoms with E-state index < -0.39 is 12.0 Å². The fraction of sp³-hybridized carbons (Fsp3) is 0.250. The van der Waals surface area contributed by atoms with Crippen LogP contribution >= 0.6 is 0 Å². The third-order valence-electron chi connectivity index (χ3n) is 3.54. The van der Waals surface area contributed by atoms with Gasteiger partial charge in [-0.2, -0.15) is 0 Å². The van der Waals surface area contributed by atoms with Gasteiger partial charge in [0.25, 0.3) is 0 Å². The van der Waals surface area contributed by atoms with Crippen LogP contribution in [0.25, 0.3) is 0 Å². The maximum Gasteiger partial charge on any atom is 0.328 e. The van der Waals surface area contributed by atoms with Crippen molar-refractivity contribution in [1.82, 2.24) is 5.32 Å². The summed E-state index contributed by atoms with van der Waals surface area (Å²) in [4.78, 5) is 24.4. The van der Waals surface area contributed by atoms with E-state index in [0.29, 0.717) is 12.8 Å². The van der Waals surface area contributed by atoms with Crippen molar-refractivity contribution in [3.05, 3.63) is 78.7 Å². The molecule has 4 heteroatoms. The SMILES string of the molecule is [CH2]CCC(NC(=O)Cc1ccccc1)C(=O)OCc1ccccc1. The lowest BCUT2D eigenvalue weighted by Gasteiger charge is -2.17. The number of hydrogen-bond acceptors (Lipinski definition) is 3. The standard InChI is InChI=1S/C20H22NO3/c1-2-9-18(20(23)24-15-17-12-7-4-8-13-17)21-19(22)14-16-10-5-3-6-11-16/h3-8,10-13,18H,1-2,9,14-15H2,(H,21,22). The average molecular weight is 324 g/mol. The summed E-state index contributed by atoms with van der Waals surface area (Å²) in [6.07, 6.45) is 1.23. The summed E-state index contributed by atoms with van der Waals surface area (Å²) >= 11 is 0. The number of ether oxygens (including phenoxy) is 1. The summed E-state index contributed by atoms with van der Waals surface area (Å²) in [6.45, 7) is 3.95. The van der Waals surface area contributed by atoms with Gasteiger partial charge in [-0.15, -0.1) is 0 Å². The lowest BCUT2D eigenvalue weighted by Crippen LogP contribution is -2.42. The molecule has 0 aliphatic rings. The van der Waals surface area contributed by atoms with Crippen LogP contribution < -0.4 is 5.32 Å². The molecule has 1 unspecified atom stereocenters. The van der Waals surface area contributed by atoms with Gasteiger partial charge in [0.15, 0.2) is 0 Å². The van der Waals surface area contributed by atoms with Crippen LogP contribution in [0.4, 0.5) is 0 Å². The van der Waals surface area contributed by atoms with Crippen LogP contribution in [-0.4, -0.2) is 17.9 Å². The highest BCUT2D eigenvalue weighted by Gasteiger charge is 2.21. The lowest BCUT2D eigenvalue weighted by atomic mass is 10.1. The quantitative estimate of drug-likeness (QED) is 0.759. The van der Waals surface area contributed by atoms with E-state index in [2.05, 4.69) is 12.2 Å². The molecule has 0 fully saturated rings. The van der Waals surface area contributed by atoms with E-state index in [-0.39, 0.29) is 18.9 Å². The fourth-order valence-electron chi connectivity index (χ4n) is 2.31. The molecule has 1 radical (unpaired) electrons. The van der Waals surface area contributed by atoms with Gasteiger partial charge >= 0.3 is 5.97 Å². The molecule has 0 aliphatic heterocycles. The van der Waals surface area contributed by atoms with E-state index >= 15 is 0 Å². The van der Waals surface area contributed by atoms with Crippen molar-refractivity contribution in [2.45, 2.75) is 31.9 Å². The largest absolute Gasteiger partial charge is 0.459 e. The molecule has 0 aromatic heterocycles. The third-order valence-corrected chi connectivity index (χ3v) is 3.54. The van der Waals surface area contributed by atoms with E-state index in [1.807, 2.05) is 60.7 Å². The molecule has 2 aromatic rings. The Morgan fingerprint density at radius 3 is 2.12 bits per heavy atom. The first kappa shape index (κ1) is 17.7. The number of benzene rings is 2. The highest BCUT2D eigenvalue weighted by molar-refractivity contribution is 5.85. The molecule has 2 rings (SSSR count). The second-order valence-electron chi connectivity index (χ2n) is 5.52. The van der Waals surface area contributed by atoms with E-state index in [0.717, 1.165) is 11.1 Å². The molecule has 1 atom stereocenters. The molecule has 4 nitrogen and oxygen atoms in total. The normalized spacial score (nSPS) is 11.5. The molecule has 24 heavy (non-hydrogen) atoms. The minimum atomic E-state index is -0.664. The Labute approximate surface area is 142 Å². The first-order valence-corrected chi connectivity index (χ1v) is 8.02. The van der Waals surface area contributed by atoms with Crippen molar-refractivity contribution >= 4 is 11.9 Å². The number of carbonyl (C=O) groups excluding carboxylic acids is 2. The predicted molar refractivity (Wildman–Crippen MR) is 92.9 cm³/mol. The molecule has 0 heterocycles. The molecule has 0 saturated heterocycles. The highest BCUT2D eigenvalue weighted by atomic mass is 16.5. The Morgan fingerprint density at radius 1 is 0.958 bits per heavy atom. The Balaban J connectivity index is 1.87. The van der Waals surface area contributed by atoms with Gasteiger partial charge in [-0.1, -0.05) is 74.0 Å². The summed E-state index contributed by atoms with van der Waals surface area (Å²) in [5.41, 5.74) is 1.82. The minimum Gasteiger partial charge on any atom is -0.459 e. The zero-order chi connectivity index (χ0) is 17.2. The van der Waals surface area contributed by atoms with Crippen molar-refractivity contribution in [3.8, 4) is 0 Å². The lowest BCUT2D eigenvalue weighted by molar-refractivity contribution is -0.149. The second kappa shape index (κ2) is 9.50. The summed E-state index contributed by atoms with van der Waals surface area (Å²) in [5, 5.41) is 2.75. The van der Waals surface area contributed by atoms with Crippen LogP contribution in [0.2, 0.25) is 0 Å². The summed E-state index contributed by atoms with van der Waals surface area (Å²) in [6, 6.07) is 18.2. The molecule has 0 saturated carbocycles. The first-order chi connectivity index (χ1) is 11.7. The molecule has 2 aromatic carbocycles. The van der Waals surface area contributed by atoms with Gasteiger partial charge in [-0.3, -0.25) is 4.79 Å². The van der Waals surface area contributed by atoms with E-state index in [1.165, 1.54) is 0 Å². The smallest absolute Gasteiger partial charge is 0.328 e. The summed E-state index contributed by atoms with van der Waals surface area (Å²) < 4.78 is 5.31. The van der Waals surface area contributed by atoms with E-state index in [1.54, 1.807) is 0 Å². The Hall–Kier alpha value is -2.62. The van der Waals surface area contributed by atoms with Crippen molar-refractivity contribution < 1.29 is 14.3 Å². The van der Waals surface area contributed by atoms with Crippen LogP contribution in [0.15, 0.2) is 60.7 Å². The average Bonchev–Trinajstić information content (AvgIpc) is 2.61. The topological polar surface area (TPSA) is 55.4 Å². The minimum absolute atomic E-state index is 0.196. The zero-order valence-electron chi connectivity index (χ0n) is 13.6. The van der Waals surface area contributed by atoms with Gasteiger partial charge < -0.3 is 10.1 Å². The monoisotopic (exact) mass is 324 g/mol. The number of esters is 1. The molecule has 125 valence electrons. The number of hydrogen-bond donors (Lipinski definition) is 1. The van der Waals surface area contributed by atoms with Crippen molar-refractivity contribution in [2.75, 3.05) is 0 Å². The van der Waals surface area contributed by atoms with Gasteiger partial charge in [0.2, 0.25) is 5.91 Å². The Morgan fingerprint density at radius 2 is 1.54 bits per heavy atom. The summed E-state index contributed by atoms with van der Waals surface area (Å²) in [5.74, 6) is -0.625. The van der Waals surface area contributed by atoms with Gasteiger partial charge in [0.05, 0.1) is 6.42 Å². The van der Waals surface area contributed by atoms with E-state index in [9.17, 15) is 9.59 Å². The number of rotatable bonds is 8. The molecular weight excluding hydrogens is 302 g/mol. The first-order valence-electron chi connectivity index (χ1n) is 8.02. The van der Waals surface area contributed by atoms with Gasteiger partial charge in [-0.25, -0.2) is 4.79 Å². The number of carbonyl (C=O) groups is 2. The van der Waals surface area contributed by atoms with E-state index in [4.69, 9.17) is 4.74 Å². The second-order valence-corrected chi connectivity index (χ2v) is 5.52. The van der Waals surface area contributed by atoms with Crippen molar-refractivity contribution in [1.29, 1.82) is 0 Å². The summed E-state index contributed by atoms with van der Waals surface area (Å²) in [7, 11) is 0. The fourth-order valence-corrected chi connectivity index (χ4v) is 2.31. The number of nitrogens with one attached hydrogen (secondary N) is 1. The van der Waals surface area contributed by atoms with Crippen LogP contribution in [0.5, 0.6) is 0 Å². The maximum absolute atomic E-state index is 12.2. The van der Waals surface area contributed by atoms with Crippen LogP contribution in [0.1, 0.15) is 24.0 Å². The Bertz CT molecular complexity index is 640. The van der Waals surface area contributed by atoms with Crippen molar-refractivity contribution in [3.63, 3.8) is 0 Å². The highest BCUT2D eigenvalue weighted by Crippen LogP contribution is 2.06. The molecule has 1 amide bonds. The van der Waals surface area contributed by atoms with Crippen LogP contribution in [0, 0.1) is 6.92 Å². The molecule has 1 N–H and O–H groups in total. The maximum atomic E-state index is 12.2. The zero-order valence-corrected chi connectivity index (χ0v) is 13.6. The van der Waals surface area contributed by atoms with Crippen LogP contribution in [0.3, 0.4) is 0 Å². The Kier molecular flexibility index (Phi) is 7.02. The third kappa shape index (κ3) is 5.88. The van der Waals surface area contributed by atoms with Gasteiger partial charge in [0.1, 0.15) is 12.6 Å². The molecule has 0 spiro atoms. The van der Waals surface area contributed by atoms with Crippen molar-refractivity contribution in [2.24, 2.45) is 0 Å². The predicted octanol–water partition coefficient (Wildman–Crippen LogP) is 3.07. The van der Waals surface area contributed by atoms with Crippen LogP contribution in [-0.2, 0) is 27.4 Å².